The van der Waals surface area contributed by atoms with Gasteiger partial charge >= 0.3 is 6.18 Å². The molecular weight excluding hydrogens is 247 g/mol. The van der Waals surface area contributed by atoms with Crippen LogP contribution in [0.1, 0.15) is 5.56 Å². The average Bonchev–Trinajstić information content (AvgIpc) is 2.02. The lowest BCUT2D eigenvalue weighted by molar-refractivity contribution is -0.136. The molecule has 5 heteroatoms. The monoisotopic (exact) mass is 249 g/mol. The van der Waals surface area contributed by atoms with Gasteiger partial charge in [-0.3, -0.25) is 0 Å². The third-order valence-electron chi connectivity index (χ3n) is 1.40. The fourth-order valence-electron chi connectivity index (χ4n) is 0.858. The van der Waals surface area contributed by atoms with Gasteiger partial charge in [0.1, 0.15) is 0 Å². The fourth-order valence-corrected chi connectivity index (χ4v) is 1.31. The Morgan fingerprint density at radius 1 is 1.31 bits per heavy atom. The standard InChI is InChI=1S/C8H3BrF3N/c1-13-7-5(8(10,11)12)3-2-4-6(7)9/h2-4H. The third-order valence-corrected chi connectivity index (χ3v) is 2.04. The maximum absolute atomic E-state index is 12.3. The van der Waals surface area contributed by atoms with Crippen molar-refractivity contribution in [1.82, 2.24) is 0 Å². The molecule has 1 aromatic carbocycles. The predicted molar refractivity (Wildman–Crippen MR) is 45.4 cm³/mol. The minimum absolute atomic E-state index is 0.164. The van der Waals surface area contributed by atoms with E-state index < -0.39 is 17.4 Å². The molecule has 0 aromatic heterocycles. The lowest BCUT2D eigenvalue weighted by atomic mass is 10.2. The number of hydrogen-bond donors (Lipinski definition) is 0. The third kappa shape index (κ3) is 2.01. The van der Waals surface area contributed by atoms with Crippen LogP contribution in [0.5, 0.6) is 0 Å². The first-order valence-corrected chi connectivity index (χ1v) is 3.99. The van der Waals surface area contributed by atoms with Gasteiger partial charge < -0.3 is 0 Å². The van der Waals surface area contributed by atoms with Crippen molar-refractivity contribution in [3.05, 3.63) is 39.7 Å². The molecule has 13 heavy (non-hydrogen) atoms. The summed E-state index contributed by atoms with van der Waals surface area (Å²) in [7, 11) is 0. The zero-order chi connectivity index (χ0) is 10.1. The number of nitrogens with zero attached hydrogens (tertiary/aromatic N) is 1. The van der Waals surface area contributed by atoms with Gasteiger partial charge in [0, 0.05) is 4.47 Å². The molecule has 0 saturated carbocycles. The molecule has 68 valence electrons. The molecule has 1 aromatic rings. The van der Waals surface area contributed by atoms with Crippen molar-refractivity contribution in [1.29, 1.82) is 0 Å². The van der Waals surface area contributed by atoms with Crippen LogP contribution in [0.2, 0.25) is 0 Å². The molecule has 0 aliphatic heterocycles. The molecule has 0 radical (unpaired) electrons. The summed E-state index contributed by atoms with van der Waals surface area (Å²) < 4.78 is 36.9. The molecular formula is C8H3BrF3N. The first-order valence-electron chi connectivity index (χ1n) is 3.20. The largest absolute Gasteiger partial charge is 0.407 e. The number of alkyl halides is 3. The van der Waals surface area contributed by atoms with Crippen molar-refractivity contribution in [2.24, 2.45) is 0 Å². The summed E-state index contributed by atoms with van der Waals surface area (Å²) in [5.74, 6) is 0. The zero-order valence-corrected chi connectivity index (χ0v) is 7.78. The van der Waals surface area contributed by atoms with Crippen LogP contribution in [-0.2, 0) is 6.18 Å². The molecule has 0 saturated heterocycles. The van der Waals surface area contributed by atoms with E-state index in [4.69, 9.17) is 6.57 Å². The second-order valence-electron chi connectivity index (χ2n) is 2.25. The topological polar surface area (TPSA) is 4.36 Å². The Morgan fingerprint density at radius 3 is 2.31 bits per heavy atom. The van der Waals surface area contributed by atoms with Gasteiger partial charge in [-0.05, 0) is 0 Å². The Morgan fingerprint density at radius 2 is 1.92 bits per heavy atom. The van der Waals surface area contributed by atoms with Gasteiger partial charge in [0.15, 0.2) is 0 Å². The summed E-state index contributed by atoms with van der Waals surface area (Å²) in [6.45, 7) is 6.60. The highest BCUT2D eigenvalue weighted by atomic mass is 79.9. The minimum Gasteiger partial charge on any atom is -0.236 e. The Balaban J connectivity index is 3.40. The SMILES string of the molecule is [C-]#[N+]c1c(Br)cccc1C(F)(F)F. The van der Waals surface area contributed by atoms with Gasteiger partial charge in [0.2, 0.25) is 5.69 Å². The summed E-state index contributed by atoms with van der Waals surface area (Å²) >= 11 is 2.89. The molecule has 1 nitrogen and oxygen atoms in total. The van der Waals surface area contributed by atoms with Crippen molar-refractivity contribution >= 4 is 21.6 Å². The van der Waals surface area contributed by atoms with Crippen molar-refractivity contribution in [2.75, 3.05) is 0 Å². The van der Waals surface area contributed by atoms with Crippen molar-refractivity contribution in [2.45, 2.75) is 6.18 Å². The predicted octanol–water partition coefficient (Wildman–Crippen LogP) is 4.02. The number of benzene rings is 1. The molecule has 0 aliphatic rings. The van der Waals surface area contributed by atoms with Crippen LogP contribution in [0.15, 0.2) is 22.7 Å². The van der Waals surface area contributed by atoms with E-state index in [0.29, 0.717) is 0 Å². The first kappa shape index (κ1) is 10.1. The molecule has 0 bridgehead atoms. The number of para-hydroxylation sites is 1. The smallest absolute Gasteiger partial charge is 0.236 e. The van der Waals surface area contributed by atoms with Crippen LogP contribution >= 0.6 is 15.9 Å². The van der Waals surface area contributed by atoms with Crippen molar-refractivity contribution < 1.29 is 13.2 Å². The van der Waals surface area contributed by atoms with Crippen LogP contribution in [-0.4, -0.2) is 0 Å². The fraction of sp³-hybridized carbons (Fsp3) is 0.125. The maximum atomic E-state index is 12.3. The van der Waals surface area contributed by atoms with Crippen LogP contribution in [0.25, 0.3) is 4.85 Å². The van der Waals surface area contributed by atoms with Crippen LogP contribution in [0, 0.1) is 6.57 Å². The zero-order valence-electron chi connectivity index (χ0n) is 6.19. The molecule has 0 atom stereocenters. The van der Waals surface area contributed by atoms with E-state index in [1.54, 1.807) is 0 Å². The number of hydrogen-bond acceptors (Lipinski definition) is 0. The summed E-state index contributed by atoms with van der Waals surface area (Å²) in [5, 5.41) is 0. The molecule has 0 aliphatic carbocycles. The van der Waals surface area contributed by atoms with Crippen molar-refractivity contribution in [3.63, 3.8) is 0 Å². The Kier molecular flexibility index (Phi) is 2.62. The maximum Gasteiger partial charge on any atom is 0.407 e. The first-order chi connectivity index (χ1) is 5.96. The van der Waals surface area contributed by atoms with E-state index >= 15 is 0 Å². The van der Waals surface area contributed by atoms with Gasteiger partial charge in [-0.2, -0.15) is 13.2 Å². The summed E-state index contributed by atoms with van der Waals surface area (Å²) in [5.41, 5.74) is -1.30. The summed E-state index contributed by atoms with van der Waals surface area (Å²) in [6.07, 6.45) is -4.47. The van der Waals surface area contributed by atoms with E-state index in [9.17, 15) is 13.2 Å². The summed E-state index contributed by atoms with van der Waals surface area (Å²) in [4.78, 5) is 2.82. The minimum atomic E-state index is -4.47. The van der Waals surface area contributed by atoms with Gasteiger partial charge in [0.05, 0.1) is 12.1 Å². The van der Waals surface area contributed by atoms with Gasteiger partial charge in [-0.25, -0.2) is 4.85 Å². The van der Waals surface area contributed by atoms with Crippen LogP contribution in [0.4, 0.5) is 18.9 Å². The normalized spacial score (nSPS) is 11.0. The highest BCUT2D eigenvalue weighted by Crippen LogP contribution is 2.40. The molecule has 0 spiro atoms. The Hall–Kier alpha value is -1.02. The molecule has 0 fully saturated rings. The lowest BCUT2D eigenvalue weighted by Gasteiger charge is -2.08. The van der Waals surface area contributed by atoms with E-state index in [-0.39, 0.29) is 4.47 Å². The van der Waals surface area contributed by atoms with Crippen LogP contribution < -0.4 is 0 Å². The second-order valence-corrected chi connectivity index (χ2v) is 3.10. The quantitative estimate of drug-likeness (QED) is 0.612. The van der Waals surface area contributed by atoms with E-state index in [2.05, 4.69) is 20.8 Å². The number of rotatable bonds is 0. The van der Waals surface area contributed by atoms with E-state index in [0.717, 1.165) is 6.07 Å². The second kappa shape index (κ2) is 3.38. The molecule has 0 unspecified atom stereocenters. The lowest BCUT2D eigenvalue weighted by Crippen LogP contribution is -2.04. The molecule has 0 N–H and O–H groups in total. The Bertz CT molecular complexity index is 365. The average molecular weight is 250 g/mol. The highest BCUT2D eigenvalue weighted by Gasteiger charge is 2.33. The Labute approximate surface area is 81.1 Å². The van der Waals surface area contributed by atoms with E-state index in [1.807, 2.05) is 0 Å². The van der Waals surface area contributed by atoms with Gasteiger partial charge in [-0.15, -0.1) is 0 Å². The summed E-state index contributed by atoms with van der Waals surface area (Å²) in [6, 6.07) is 3.54. The molecule has 0 heterocycles. The van der Waals surface area contributed by atoms with Crippen molar-refractivity contribution in [3.8, 4) is 0 Å². The van der Waals surface area contributed by atoms with E-state index in [1.165, 1.54) is 12.1 Å². The van der Waals surface area contributed by atoms with Gasteiger partial charge in [0.25, 0.3) is 0 Å². The van der Waals surface area contributed by atoms with Crippen LogP contribution in [0.3, 0.4) is 0 Å². The molecule has 0 amide bonds. The highest BCUT2D eigenvalue weighted by molar-refractivity contribution is 9.10. The molecule has 1 rings (SSSR count). The number of halogens is 4. The van der Waals surface area contributed by atoms with Gasteiger partial charge in [-0.1, -0.05) is 34.1 Å².